The average molecular weight is 250 g/mol. The molecule has 0 unspecified atom stereocenters. The number of hydrogen-bond donors (Lipinski definition) is 1. The molecule has 1 N–H and O–H groups in total. The molecule has 0 fully saturated rings. The highest BCUT2D eigenvalue weighted by atomic mass is 32.1. The summed E-state index contributed by atoms with van der Waals surface area (Å²) in [6.45, 7) is 5.93. The van der Waals surface area contributed by atoms with Crippen molar-refractivity contribution in [2.24, 2.45) is 0 Å². The zero-order valence-corrected chi connectivity index (χ0v) is 11.1. The quantitative estimate of drug-likeness (QED) is 0.853. The Bertz CT molecular complexity index is 433. The van der Waals surface area contributed by atoms with E-state index in [2.05, 4.69) is 46.3 Å². The Morgan fingerprint density at radius 3 is 3.06 bits per heavy atom. The number of aromatic nitrogens is 3. The molecule has 2 aromatic heterocycles. The summed E-state index contributed by atoms with van der Waals surface area (Å²) in [5, 5.41) is 15.9. The molecule has 2 heterocycles. The number of thiophene rings is 1. The van der Waals surface area contributed by atoms with Gasteiger partial charge in [-0.05, 0) is 28.8 Å². The van der Waals surface area contributed by atoms with Crippen LogP contribution in [0.2, 0.25) is 0 Å². The van der Waals surface area contributed by atoms with E-state index in [1.54, 1.807) is 11.3 Å². The maximum absolute atomic E-state index is 4.14. The van der Waals surface area contributed by atoms with Gasteiger partial charge in [0.2, 0.25) is 0 Å². The first-order valence-corrected chi connectivity index (χ1v) is 6.82. The van der Waals surface area contributed by atoms with E-state index in [4.69, 9.17) is 0 Å². The second-order valence-corrected chi connectivity index (χ2v) is 5.17. The summed E-state index contributed by atoms with van der Waals surface area (Å²) in [7, 11) is 0. The Labute approximate surface area is 106 Å². The zero-order chi connectivity index (χ0) is 12.1. The topological polar surface area (TPSA) is 42.7 Å². The summed E-state index contributed by atoms with van der Waals surface area (Å²) < 4.78 is 1.91. The van der Waals surface area contributed by atoms with E-state index < -0.39 is 0 Å². The molecule has 0 aliphatic carbocycles. The minimum absolute atomic E-state index is 0.478. The molecule has 0 saturated heterocycles. The summed E-state index contributed by atoms with van der Waals surface area (Å²) in [5.41, 5.74) is 2.37. The van der Waals surface area contributed by atoms with Crippen LogP contribution < -0.4 is 5.32 Å². The Balaban J connectivity index is 1.81. The van der Waals surface area contributed by atoms with Gasteiger partial charge in [0.15, 0.2) is 0 Å². The van der Waals surface area contributed by atoms with E-state index in [-0.39, 0.29) is 0 Å². The van der Waals surface area contributed by atoms with E-state index in [1.807, 2.05) is 10.9 Å². The molecule has 92 valence electrons. The van der Waals surface area contributed by atoms with Crippen LogP contribution in [-0.4, -0.2) is 21.0 Å². The molecule has 0 aliphatic rings. The molecule has 0 radical (unpaired) electrons. The normalized spacial score (nSPS) is 11.2. The van der Waals surface area contributed by atoms with Gasteiger partial charge in [0.1, 0.15) is 0 Å². The van der Waals surface area contributed by atoms with Crippen molar-refractivity contribution in [3.63, 3.8) is 0 Å². The molecule has 0 bridgehead atoms. The van der Waals surface area contributed by atoms with Crippen molar-refractivity contribution < 1.29 is 0 Å². The Kier molecular flexibility index (Phi) is 4.28. The monoisotopic (exact) mass is 250 g/mol. The minimum Gasteiger partial charge on any atom is -0.309 e. The first kappa shape index (κ1) is 12.3. The lowest BCUT2D eigenvalue weighted by atomic mass is 10.2. The third kappa shape index (κ3) is 3.94. The fraction of sp³-hybridized carbons (Fsp3) is 0.500. The summed E-state index contributed by atoms with van der Waals surface area (Å²) in [5.74, 6) is 0. The second-order valence-electron chi connectivity index (χ2n) is 4.39. The lowest BCUT2D eigenvalue weighted by molar-refractivity contribution is 0.579. The van der Waals surface area contributed by atoms with Crippen molar-refractivity contribution in [2.45, 2.75) is 39.4 Å². The van der Waals surface area contributed by atoms with Gasteiger partial charge in [0, 0.05) is 25.3 Å². The average Bonchev–Trinajstić information content (AvgIpc) is 2.95. The SMILES string of the molecule is CC(C)NCc1cn(CCc2ccsc2)nn1. The van der Waals surface area contributed by atoms with Gasteiger partial charge >= 0.3 is 0 Å². The Morgan fingerprint density at radius 1 is 1.47 bits per heavy atom. The van der Waals surface area contributed by atoms with Crippen LogP contribution in [0.25, 0.3) is 0 Å². The van der Waals surface area contributed by atoms with Crippen LogP contribution in [0.1, 0.15) is 25.1 Å². The van der Waals surface area contributed by atoms with Gasteiger partial charge in [0.25, 0.3) is 0 Å². The molecule has 2 rings (SSSR count). The van der Waals surface area contributed by atoms with Crippen LogP contribution >= 0.6 is 11.3 Å². The lowest BCUT2D eigenvalue weighted by Crippen LogP contribution is -2.21. The van der Waals surface area contributed by atoms with Gasteiger partial charge in [-0.25, -0.2) is 0 Å². The predicted octanol–water partition coefficient (Wildman–Crippen LogP) is 2.08. The standard InChI is InChI=1S/C12H18N4S/c1-10(2)13-7-12-8-16(15-14-12)5-3-11-4-6-17-9-11/h4,6,8-10,13H,3,5,7H2,1-2H3. The maximum atomic E-state index is 4.14. The number of nitrogens with zero attached hydrogens (tertiary/aromatic N) is 3. The zero-order valence-electron chi connectivity index (χ0n) is 10.3. The van der Waals surface area contributed by atoms with Crippen molar-refractivity contribution in [1.29, 1.82) is 0 Å². The van der Waals surface area contributed by atoms with E-state index in [1.165, 1.54) is 5.56 Å². The fourth-order valence-electron chi connectivity index (χ4n) is 1.52. The molecule has 0 atom stereocenters. The van der Waals surface area contributed by atoms with Crippen LogP contribution in [0, 0.1) is 0 Å². The first-order valence-electron chi connectivity index (χ1n) is 5.87. The minimum atomic E-state index is 0.478. The van der Waals surface area contributed by atoms with Crippen LogP contribution in [0.3, 0.4) is 0 Å². The fourth-order valence-corrected chi connectivity index (χ4v) is 2.22. The number of nitrogens with one attached hydrogen (secondary N) is 1. The number of hydrogen-bond acceptors (Lipinski definition) is 4. The van der Waals surface area contributed by atoms with Crippen LogP contribution in [0.4, 0.5) is 0 Å². The summed E-state index contributed by atoms with van der Waals surface area (Å²) in [6.07, 6.45) is 3.03. The number of aryl methyl sites for hydroxylation is 2. The molecule has 0 amide bonds. The van der Waals surface area contributed by atoms with Crippen molar-refractivity contribution in [3.05, 3.63) is 34.3 Å². The largest absolute Gasteiger partial charge is 0.309 e. The molecule has 0 spiro atoms. The van der Waals surface area contributed by atoms with Gasteiger partial charge in [-0.1, -0.05) is 19.1 Å². The van der Waals surface area contributed by atoms with Gasteiger partial charge in [-0.2, -0.15) is 11.3 Å². The van der Waals surface area contributed by atoms with Crippen molar-refractivity contribution >= 4 is 11.3 Å². The van der Waals surface area contributed by atoms with Crippen LogP contribution in [0.5, 0.6) is 0 Å². The van der Waals surface area contributed by atoms with Crippen molar-refractivity contribution in [2.75, 3.05) is 0 Å². The summed E-state index contributed by atoms with van der Waals surface area (Å²) in [4.78, 5) is 0. The molecular weight excluding hydrogens is 232 g/mol. The first-order chi connectivity index (χ1) is 8.24. The van der Waals surface area contributed by atoms with Gasteiger partial charge in [-0.3, -0.25) is 4.68 Å². The molecule has 0 aliphatic heterocycles. The van der Waals surface area contributed by atoms with E-state index in [9.17, 15) is 0 Å². The van der Waals surface area contributed by atoms with Gasteiger partial charge in [-0.15, -0.1) is 5.10 Å². The van der Waals surface area contributed by atoms with Crippen LogP contribution in [-0.2, 0) is 19.5 Å². The Morgan fingerprint density at radius 2 is 2.35 bits per heavy atom. The predicted molar refractivity (Wildman–Crippen MR) is 70.0 cm³/mol. The molecular formula is C12H18N4S. The van der Waals surface area contributed by atoms with Crippen LogP contribution in [0.15, 0.2) is 23.0 Å². The van der Waals surface area contributed by atoms with E-state index in [0.29, 0.717) is 6.04 Å². The second kappa shape index (κ2) is 5.93. The highest BCUT2D eigenvalue weighted by molar-refractivity contribution is 7.07. The van der Waals surface area contributed by atoms with Gasteiger partial charge < -0.3 is 5.32 Å². The Hall–Kier alpha value is -1.20. The highest BCUT2D eigenvalue weighted by Crippen LogP contribution is 2.07. The van der Waals surface area contributed by atoms with E-state index >= 15 is 0 Å². The van der Waals surface area contributed by atoms with Gasteiger partial charge in [0.05, 0.1) is 5.69 Å². The summed E-state index contributed by atoms with van der Waals surface area (Å²) >= 11 is 1.74. The lowest BCUT2D eigenvalue weighted by Gasteiger charge is -2.04. The highest BCUT2D eigenvalue weighted by Gasteiger charge is 2.02. The molecule has 0 aromatic carbocycles. The van der Waals surface area contributed by atoms with Crippen molar-refractivity contribution in [1.82, 2.24) is 20.3 Å². The molecule has 5 heteroatoms. The molecule has 4 nitrogen and oxygen atoms in total. The maximum Gasteiger partial charge on any atom is 0.0964 e. The third-order valence-electron chi connectivity index (χ3n) is 2.49. The molecule has 2 aromatic rings. The third-order valence-corrected chi connectivity index (χ3v) is 3.22. The summed E-state index contributed by atoms with van der Waals surface area (Å²) in [6, 6.07) is 2.63. The smallest absolute Gasteiger partial charge is 0.0964 e. The number of rotatable bonds is 6. The molecule has 17 heavy (non-hydrogen) atoms. The van der Waals surface area contributed by atoms with Crippen molar-refractivity contribution in [3.8, 4) is 0 Å². The van der Waals surface area contributed by atoms with E-state index in [0.717, 1.165) is 25.2 Å². The molecule has 0 saturated carbocycles.